The summed E-state index contributed by atoms with van der Waals surface area (Å²) < 4.78 is 1.63. The molecule has 2 heterocycles. The lowest BCUT2D eigenvalue weighted by Gasteiger charge is -2.36. The molecule has 0 spiro atoms. The van der Waals surface area contributed by atoms with Crippen molar-refractivity contribution >= 4 is 11.8 Å². The molecule has 1 aromatic heterocycles. The van der Waals surface area contributed by atoms with E-state index >= 15 is 0 Å². The molecule has 1 aliphatic carbocycles. The molecule has 9 nitrogen and oxygen atoms in total. The molecule has 0 radical (unpaired) electrons. The van der Waals surface area contributed by atoms with Crippen molar-refractivity contribution in [1.29, 1.82) is 5.26 Å². The van der Waals surface area contributed by atoms with E-state index in [-0.39, 0.29) is 24.8 Å². The van der Waals surface area contributed by atoms with Crippen LogP contribution in [0.2, 0.25) is 0 Å². The Morgan fingerprint density at radius 3 is 2.44 bits per heavy atom. The molecule has 2 unspecified atom stereocenters. The monoisotopic (exact) mass is 492 g/mol. The molecule has 4 rings (SSSR count). The van der Waals surface area contributed by atoms with E-state index in [2.05, 4.69) is 21.7 Å². The van der Waals surface area contributed by atoms with Crippen LogP contribution >= 0.6 is 0 Å². The average molecular weight is 493 g/mol. The van der Waals surface area contributed by atoms with E-state index < -0.39 is 29.1 Å². The summed E-state index contributed by atoms with van der Waals surface area (Å²) in [6.07, 6.45) is 4.00. The molecule has 36 heavy (non-hydrogen) atoms. The summed E-state index contributed by atoms with van der Waals surface area (Å²) >= 11 is 0. The van der Waals surface area contributed by atoms with E-state index in [1.165, 1.54) is 4.90 Å². The Kier molecular flexibility index (Phi) is 6.93. The van der Waals surface area contributed by atoms with Gasteiger partial charge in [-0.25, -0.2) is 4.68 Å². The number of hydrogen-bond donors (Lipinski definition) is 2. The first-order valence-corrected chi connectivity index (χ1v) is 12.6. The summed E-state index contributed by atoms with van der Waals surface area (Å²) in [5.74, 6) is -0.111. The van der Waals surface area contributed by atoms with Crippen LogP contribution in [-0.4, -0.2) is 61.0 Å². The van der Waals surface area contributed by atoms with E-state index in [4.69, 9.17) is 5.26 Å². The van der Waals surface area contributed by atoms with Gasteiger partial charge in [-0.15, -0.1) is 5.10 Å². The predicted molar refractivity (Wildman–Crippen MR) is 134 cm³/mol. The zero-order chi connectivity index (χ0) is 26.3. The minimum atomic E-state index is -0.774. The van der Waals surface area contributed by atoms with Crippen LogP contribution in [0, 0.1) is 16.7 Å². The number of aromatic nitrogens is 3. The number of carbonyl (C=O) groups is 2. The Bertz CT molecular complexity index is 1150. The molecule has 1 saturated heterocycles. The van der Waals surface area contributed by atoms with Crippen LogP contribution < -0.4 is 5.32 Å². The topological polar surface area (TPSA) is 124 Å². The van der Waals surface area contributed by atoms with E-state index in [9.17, 15) is 14.7 Å². The maximum atomic E-state index is 13.9. The number of carbonyl (C=O) groups excluding carboxylic acids is 2. The van der Waals surface area contributed by atoms with E-state index in [1.54, 1.807) is 16.8 Å². The number of β-amino-alcohol motifs (C(OH)–C–C–N with tert-alkyl or cyclic N) is 1. The lowest BCUT2D eigenvalue weighted by Crippen LogP contribution is -2.55. The fourth-order valence-electron chi connectivity index (χ4n) is 4.99. The maximum Gasteiger partial charge on any atom is 0.248 e. The number of rotatable bonds is 7. The smallest absolute Gasteiger partial charge is 0.248 e. The van der Waals surface area contributed by atoms with Crippen molar-refractivity contribution in [3.05, 3.63) is 47.3 Å². The van der Waals surface area contributed by atoms with Crippen LogP contribution in [0.1, 0.15) is 82.7 Å². The fourth-order valence-corrected chi connectivity index (χ4v) is 4.99. The van der Waals surface area contributed by atoms with Gasteiger partial charge in [0.15, 0.2) is 0 Å². The fraction of sp³-hybridized carbons (Fsp3) is 0.593. The lowest BCUT2D eigenvalue weighted by molar-refractivity contribution is -0.144. The highest BCUT2D eigenvalue weighted by Gasteiger charge is 2.46. The second-order valence-corrected chi connectivity index (χ2v) is 11.9. The van der Waals surface area contributed by atoms with Crippen molar-refractivity contribution in [3.8, 4) is 6.07 Å². The van der Waals surface area contributed by atoms with Gasteiger partial charge in [0.05, 0.1) is 23.4 Å². The molecule has 2 aromatic rings. The maximum absolute atomic E-state index is 13.9. The molecular weight excluding hydrogens is 456 g/mol. The van der Waals surface area contributed by atoms with Gasteiger partial charge in [-0.3, -0.25) is 9.59 Å². The molecule has 9 heteroatoms. The number of nitrogens with one attached hydrogen (secondary N) is 1. The van der Waals surface area contributed by atoms with Crippen LogP contribution in [0.5, 0.6) is 0 Å². The summed E-state index contributed by atoms with van der Waals surface area (Å²) in [5, 5.41) is 31.1. The third-order valence-electron chi connectivity index (χ3n) is 6.90. The number of aliphatic hydroxyl groups is 1. The molecule has 1 aliphatic heterocycles. The first-order chi connectivity index (χ1) is 16.9. The molecule has 2 amide bonds. The summed E-state index contributed by atoms with van der Waals surface area (Å²) in [4.78, 5) is 28.8. The van der Waals surface area contributed by atoms with E-state index in [0.717, 1.165) is 24.1 Å². The van der Waals surface area contributed by atoms with Gasteiger partial charge in [-0.05, 0) is 56.2 Å². The van der Waals surface area contributed by atoms with Gasteiger partial charge in [0.1, 0.15) is 12.1 Å². The summed E-state index contributed by atoms with van der Waals surface area (Å²) in [5.41, 5.74) is 1.40. The van der Waals surface area contributed by atoms with Crippen molar-refractivity contribution in [2.75, 3.05) is 6.54 Å². The number of likely N-dealkylation sites (tertiary alicyclic amines) is 1. The Morgan fingerprint density at radius 2 is 1.86 bits per heavy atom. The number of hydrogen-bond acceptors (Lipinski definition) is 6. The first-order valence-electron chi connectivity index (χ1n) is 12.6. The largest absolute Gasteiger partial charge is 0.391 e. The second-order valence-electron chi connectivity index (χ2n) is 11.9. The van der Waals surface area contributed by atoms with Crippen molar-refractivity contribution < 1.29 is 14.7 Å². The van der Waals surface area contributed by atoms with Crippen molar-refractivity contribution in [3.63, 3.8) is 0 Å². The van der Waals surface area contributed by atoms with E-state index in [1.807, 2.05) is 52.9 Å². The quantitative estimate of drug-likeness (QED) is 0.612. The van der Waals surface area contributed by atoms with Gasteiger partial charge in [-0.1, -0.05) is 38.1 Å². The number of aliphatic hydroxyl groups excluding tert-OH is 1. The van der Waals surface area contributed by atoms with Crippen LogP contribution in [0.25, 0.3) is 0 Å². The first kappa shape index (κ1) is 25.8. The highest BCUT2D eigenvalue weighted by Crippen LogP contribution is 2.40. The molecule has 0 bridgehead atoms. The third kappa shape index (κ3) is 5.76. The normalized spacial score (nSPS) is 21.2. The van der Waals surface area contributed by atoms with Gasteiger partial charge in [0, 0.05) is 30.6 Å². The van der Waals surface area contributed by atoms with Gasteiger partial charge in [0.25, 0.3) is 0 Å². The molecule has 2 N–H and O–H groups in total. The van der Waals surface area contributed by atoms with Gasteiger partial charge in [0.2, 0.25) is 11.8 Å². The molecule has 3 atom stereocenters. The zero-order valence-corrected chi connectivity index (χ0v) is 21.7. The average Bonchev–Trinajstić information content (AvgIpc) is 3.39. The van der Waals surface area contributed by atoms with Crippen LogP contribution in [0.15, 0.2) is 30.5 Å². The Hall–Kier alpha value is -3.25. The second kappa shape index (κ2) is 9.66. The minimum Gasteiger partial charge on any atom is -0.391 e. The molecule has 1 aromatic carbocycles. The Balaban J connectivity index is 1.50. The van der Waals surface area contributed by atoms with Crippen molar-refractivity contribution in [2.45, 2.75) is 89.9 Å². The molecule has 192 valence electrons. The number of nitriles is 1. The SMILES string of the molecule is CC(C)(Cc1ccc(C#N)cc1)NC(=O)C1CC(O)CN1C(=O)[C@@H](n1cc(C2CC2)nn1)C(C)(C)C. The van der Waals surface area contributed by atoms with Crippen LogP contribution in [0.3, 0.4) is 0 Å². The molecule has 2 fully saturated rings. The highest BCUT2D eigenvalue weighted by atomic mass is 16.3. The Morgan fingerprint density at radius 1 is 1.19 bits per heavy atom. The molecule has 1 saturated carbocycles. The lowest BCUT2D eigenvalue weighted by atomic mass is 9.85. The van der Waals surface area contributed by atoms with Crippen molar-refractivity contribution in [1.82, 2.24) is 25.2 Å². The summed E-state index contributed by atoms with van der Waals surface area (Å²) in [6, 6.07) is 7.95. The molecular formula is C27H36N6O3. The zero-order valence-electron chi connectivity index (χ0n) is 21.7. The van der Waals surface area contributed by atoms with Gasteiger partial charge >= 0.3 is 0 Å². The number of benzene rings is 1. The van der Waals surface area contributed by atoms with Crippen LogP contribution in [-0.2, 0) is 16.0 Å². The predicted octanol–water partition coefficient (Wildman–Crippen LogP) is 2.71. The van der Waals surface area contributed by atoms with Crippen molar-refractivity contribution in [2.24, 2.45) is 5.41 Å². The summed E-state index contributed by atoms with van der Waals surface area (Å²) in [7, 11) is 0. The number of nitrogens with zero attached hydrogens (tertiary/aromatic N) is 5. The summed E-state index contributed by atoms with van der Waals surface area (Å²) in [6.45, 7) is 9.85. The van der Waals surface area contributed by atoms with Crippen LogP contribution in [0.4, 0.5) is 0 Å². The standard InChI is InChI=1S/C27H36N6O3/c1-26(2,3)23(33-16-21(30-31-33)19-10-11-19)25(36)32-15-20(34)12-22(32)24(35)29-27(4,5)13-17-6-8-18(14-28)9-7-17/h6-9,16,19-20,22-23,34H,10-13,15H2,1-5H3,(H,29,35)/t20?,22?,23-/m1/s1. The third-order valence-corrected chi connectivity index (χ3v) is 6.90. The van der Waals surface area contributed by atoms with E-state index in [0.29, 0.717) is 17.9 Å². The minimum absolute atomic E-state index is 0.101. The van der Waals surface area contributed by atoms with Gasteiger partial charge < -0.3 is 15.3 Å². The highest BCUT2D eigenvalue weighted by molar-refractivity contribution is 5.90. The van der Waals surface area contributed by atoms with Gasteiger partial charge in [-0.2, -0.15) is 5.26 Å². The number of amides is 2. The molecule has 2 aliphatic rings. The Labute approximate surface area is 212 Å².